The molecule has 140 valence electrons. The first-order valence-corrected chi connectivity index (χ1v) is 9.16. The molecule has 0 aliphatic heterocycles. The van der Waals surface area contributed by atoms with Crippen LogP contribution in [0.1, 0.15) is 16.9 Å². The second kappa shape index (κ2) is 7.03. The number of aromatic nitrogens is 2. The molecule has 2 heterocycles. The lowest BCUT2D eigenvalue weighted by molar-refractivity contribution is -0.385. The molecule has 3 aromatic rings. The van der Waals surface area contributed by atoms with Gasteiger partial charge in [-0.15, -0.1) is 0 Å². The maximum atomic E-state index is 12.3. The van der Waals surface area contributed by atoms with Gasteiger partial charge >= 0.3 is 0 Å². The summed E-state index contributed by atoms with van der Waals surface area (Å²) >= 11 is 0. The minimum atomic E-state index is -4.07. The number of nitro groups is 1. The summed E-state index contributed by atoms with van der Waals surface area (Å²) in [5.41, 5.74) is 1.12. The minimum Gasteiger partial charge on any atom is -0.460 e. The summed E-state index contributed by atoms with van der Waals surface area (Å²) in [4.78, 5) is 12.1. The monoisotopic (exact) mass is 389 g/mol. The predicted molar refractivity (Wildman–Crippen MR) is 96.8 cm³/mol. The van der Waals surface area contributed by atoms with Gasteiger partial charge in [-0.1, -0.05) is 6.07 Å². The largest absolute Gasteiger partial charge is 0.460 e. The van der Waals surface area contributed by atoms with Crippen molar-refractivity contribution in [1.29, 1.82) is 0 Å². The number of H-pyrrole nitrogens is 1. The quantitative estimate of drug-likeness (QED) is 0.376. The van der Waals surface area contributed by atoms with Crippen LogP contribution in [0, 0.1) is 24.0 Å². The van der Waals surface area contributed by atoms with Crippen molar-refractivity contribution in [3.63, 3.8) is 0 Å². The normalized spacial score (nSPS) is 11.8. The van der Waals surface area contributed by atoms with Gasteiger partial charge in [0.25, 0.3) is 15.7 Å². The second-order valence-electron chi connectivity index (χ2n) is 5.67. The number of sulfonamides is 1. The lowest BCUT2D eigenvalue weighted by Crippen LogP contribution is -2.18. The fraction of sp³-hybridized carbons (Fsp3) is 0.125. The summed E-state index contributed by atoms with van der Waals surface area (Å²) in [6.07, 6.45) is 2.72. The van der Waals surface area contributed by atoms with Crippen molar-refractivity contribution in [2.45, 2.75) is 18.7 Å². The summed E-state index contributed by atoms with van der Waals surface area (Å²) in [5, 5.41) is 21.4. The molecular formula is C16H15N5O5S. The Kier molecular flexibility index (Phi) is 4.77. The maximum absolute atomic E-state index is 12.3. The molecule has 0 fully saturated rings. The van der Waals surface area contributed by atoms with Crippen LogP contribution in [0.3, 0.4) is 0 Å². The number of hydrogen-bond donors (Lipinski definition) is 2. The van der Waals surface area contributed by atoms with Crippen molar-refractivity contribution in [1.82, 2.24) is 15.0 Å². The standard InChI is InChI=1S/C16H15N5O5S/c1-10-3-5-13(7-14(10)21(22)23)27(24,25)20-18-9-12-8-17-19-16(12)15-6-4-11(2)26-15/h3-9,20H,1-2H3,(H,17,19)/b18-9+. The third-order valence-corrected chi connectivity index (χ3v) is 4.94. The molecule has 0 saturated carbocycles. The van der Waals surface area contributed by atoms with Gasteiger partial charge in [-0.3, -0.25) is 15.2 Å². The molecule has 11 heteroatoms. The Balaban J connectivity index is 1.82. The summed E-state index contributed by atoms with van der Waals surface area (Å²) in [5.74, 6) is 1.24. The number of hydrogen-bond acceptors (Lipinski definition) is 7. The highest BCUT2D eigenvalue weighted by Crippen LogP contribution is 2.23. The van der Waals surface area contributed by atoms with Gasteiger partial charge < -0.3 is 4.42 Å². The number of hydrazone groups is 1. The van der Waals surface area contributed by atoms with Crippen LogP contribution in [-0.4, -0.2) is 29.8 Å². The van der Waals surface area contributed by atoms with E-state index in [1.54, 1.807) is 19.1 Å². The first-order valence-electron chi connectivity index (χ1n) is 7.68. The molecule has 0 spiro atoms. The average Bonchev–Trinajstić information content (AvgIpc) is 3.23. The molecule has 0 radical (unpaired) electrons. The van der Waals surface area contributed by atoms with Crippen molar-refractivity contribution in [2.75, 3.05) is 0 Å². The Morgan fingerprint density at radius 3 is 2.74 bits per heavy atom. The molecule has 2 aromatic heterocycles. The first-order chi connectivity index (χ1) is 12.8. The lowest BCUT2D eigenvalue weighted by atomic mass is 10.2. The molecular weight excluding hydrogens is 374 g/mol. The highest BCUT2D eigenvalue weighted by Gasteiger charge is 2.19. The van der Waals surface area contributed by atoms with Gasteiger partial charge in [0.05, 0.1) is 22.2 Å². The third-order valence-electron chi connectivity index (χ3n) is 3.72. The number of aryl methyl sites for hydroxylation is 2. The van der Waals surface area contributed by atoms with Gasteiger partial charge in [0.15, 0.2) is 5.76 Å². The molecule has 0 atom stereocenters. The smallest absolute Gasteiger partial charge is 0.276 e. The van der Waals surface area contributed by atoms with Gasteiger partial charge in [0.2, 0.25) is 0 Å². The molecule has 3 rings (SSSR count). The Morgan fingerprint density at radius 1 is 1.30 bits per heavy atom. The van der Waals surface area contributed by atoms with Crippen molar-refractivity contribution < 1.29 is 17.8 Å². The number of nitro benzene ring substituents is 1. The van der Waals surface area contributed by atoms with E-state index in [2.05, 4.69) is 15.3 Å². The lowest BCUT2D eigenvalue weighted by Gasteiger charge is -2.04. The van der Waals surface area contributed by atoms with Crippen LogP contribution in [0.2, 0.25) is 0 Å². The van der Waals surface area contributed by atoms with E-state index in [4.69, 9.17) is 4.42 Å². The van der Waals surface area contributed by atoms with Crippen LogP contribution in [-0.2, 0) is 10.0 Å². The van der Waals surface area contributed by atoms with E-state index < -0.39 is 14.9 Å². The van der Waals surface area contributed by atoms with Crippen molar-refractivity contribution in [3.05, 3.63) is 63.5 Å². The minimum absolute atomic E-state index is 0.258. The third kappa shape index (κ3) is 3.87. The zero-order valence-corrected chi connectivity index (χ0v) is 15.1. The Hall–Kier alpha value is -3.47. The van der Waals surface area contributed by atoms with E-state index in [1.807, 2.05) is 4.83 Å². The van der Waals surface area contributed by atoms with Gasteiger partial charge in [0, 0.05) is 17.2 Å². The number of nitrogens with one attached hydrogen (secondary N) is 2. The summed E-state index contributed by atoms with van der Waals surface area (Å²) < 4.78 is 30.1. The zero-order chi connectivity index (χ0) is 19.6. The number of benzene rings is 1. The van der Waals surface area contributed by atoms with Crippen LogP contribution in [0.5, 0.6) is 0 Å². The Labute approximate surface area is 154 Å². The average molecular weight is 389 g/mol. The van der Waals surface area contributed by atoms with Gasteiger partial charge in [-0.25, -0.2) is 4.83 Å². The Bertz CT molecular complexity index is 1130. The summed E-state index contributed by atoms with van der Waals surface area (Å²) in [6, 6.07) is 7.15. The molecule has 0 aliphatic rings. The zero-order valence-electron chi connectivity index (χ0n) is 14.3. The molecule has 0 unspecified atom stereocenters. The molecule has 0 aliphatic carbocycles. The molecule has 0 bridgehead atoms. The van der Waals surface area contributed by atoms with Crippen LogP contribution < -0.4 is 4.83 Å². The molecule has 0 saturated heterocycles. The summed E-state index contributed by atoms with van der Waals surface area (Å²) in [7, 11) is -4.07. The number of nitrogens with zero attached hydrogens (tertiary/aromatic N) is 3. The second-order valence-corrected chi connectivity index (χ2v) is 7.33. The fourth-order valence-corrected chi connectivity index (χ4v) is 3.14. The van der Waals surface area contributed by atoms with E-state index in [9.17, 15) is 18.5 Å². The van der Waals surface area contributed by atoms with Crippen LogP contribution >= 0.6 is 0 Å². The van der Waals surface area contributed by atoms with Crippen LogP contribution in [0.15, 0.2) is 50.9 Å². The maximum Gasteiger partial charge on any atom is 0.276 e. The highest BCUT2D eigenvalue weighted by molar-refractivity contribution is 7.89. The fourth-order valence-electron chi connectivity index (χ4n) is 2.33. The van der Waals surface area contributed by atoms with Crippen LogP contribution in [0.4, 0.5) is 5.69 Å². The molecule has 2 N–H and O–H groups in total. The van der Waals surface area contributed by atoms with Gasteiger partial charge in [-0.05, 0) is 32.0 Å². The van der Waals surface area contributed by atoms with E-state index in [1.165, 1.54) is 31.5 Å². The van der Waals surface area contributed by atoms with E-state index in [0.29, 0.717) is 28.3 Å². The molecule has 27 heavy (non-hydrogen) atoms. The predicted octanol–water partition coefficient (Wildman–Crippen LogP) is 2.51. The number of furan rings is 1. The molecule has 10 nitrogen and oxygen atoms in total. The number of rotatable bonds is 6. The van der Waals surface area contributed by atoms with Gasteiger partial charge in [-0.2, -0.15) is 18.6 Å². The highest BCUT2D eigenvalue weighted by atomic mass is 32.2. The molecule has 0 amide bonds. The summed E-state index contributed by atoms with van der Waals surface area (Å²) in [6.45, 7) is 3.32. The van der Waals surface area contributed by atoms with E-state index >= 15 is 0 Å². The van der Waals surface area contributed by atoms with Gasteiger partial charge in [0.1, 0.15) is 11.5 Å². The molecule has 1 aromatic carbocycles. The van der Waals surface area contributed by atoms with Crippen molar-refractivity contribution in [2.24, 2.45) is 5.10 Å². The number of aromatic amines is 1. The van der Waals surface area contributed by atoms with E-state index in [-0.39, 0.29) is 10.6 Å². The van der Waals surface area contributed by atoms with Crippen LogP contribution in [0.25, 0.3) is 11.5 Å². The Morgan fingerprint density at radius 2 is 2.07 bits per heavy atom. The first kappa shape index (κ1) is 18.3. The topological polar surface area (TPSA) is 143 Å². The SMILES string of the molecule is Cc1ccc(-c2[nH]ncc2/C=N/NS(=O)(=O)c2ccc(C)c([N+](=O)[O-])c2)o1. The van der Waals surface area contributed by atoms with Crippen molar-refractivity contribution >= 4 is 21.9 Å². The van der Waals surface area contributed by atoms with Crippen molar-refractivity contribution in [3.8, 4) is 11.5 Å². The van der Waals surface area contributed by atoms with E-state index in [0.717, 1.165) is 6.07 Å².